The minimum Gasteiger partial charge on any atom is -0.338 e. The summed E-state index contributed by atoms with van der Waals surface area (Å²) in [5.74, 6) is 0.386. The number of hydrogen-bond acceptors (Lipinski definition) is 5. The molecule has 2 aromatic heterocycles. The molecule has 162 valence electrons. The zero-order valence-corrected chi connectivity index (χ0v) is 18.9. The van der Waals surface area contributed by atoms with E-state index >= 15 is 0 Å². The standard InChI is InChI=1S/C23H27N5O2S/c1-22(2)9-16-10-23(3,13-22)14-27(16)18(29)12-31-21-25-19-17(20(30)26-21)11-24-28(19)15-7-5-4-6-8-15/h4-8,11,16H,9-10,12-14H2,1-3H3,(H,25,26,30)/t16-,23+/m0/s1. The normalized spacial score (nSPS) is 24.6. The van der Waals surface area contributed by atoms with Crippen LogP contribution in [0.2, 0.25) is 0 Å². The van der Waals surface area contributed by atoms with Gasteiger partial charge in [-0.2, -0.15) is 5.10 Å². The molecule has 1 saturated carbocycles. The Balaban J connectivity index is 1.36. The van der Waals surface area contributed by atoms with E-state index in [0.29, 0.717) is 22.2 Å². The first-order valence-electron chi connectivity index (χ1n) is 10.7. The molecule has 5 rings (SSSR count). The van der Waals surface area contributed by atoms with E-state index in [1.165, 1.54) is 18.0 Å². The van der Waals surface area contributed by atoms with E-state index in [9.17, 15) is 9.59 Å². The monoisotopic (exact) mass is 437 g/mol. The van der Waals surface area contributed by atoms with Crippen molar-refractivity contribution < 1.29 is 4.79 Å². The Labute approximate surface area is 185 Å². The third-order valence-corrected chi connectivity index (χ3v) is 7.34. The molecule has 0 unspecified atom stereocenters. The smallest absolute Gasteiger partial charge is 0.262 e. The van der Waals surface area contributed by atoms with Gasteiger partial charge >= 0.3 is 0 Å². The van der Waals surface area contributed by atoms with Crippen molar-refractivity contribution in [2.75, 3.05) is 12.3 Å². The van der Waals surface area contributed by atoms with Crippen LogP contribution in [0.25, 0.3) is 16.7 Å². The molecule has 0 radical (unpaired) electrons. The Bertz CT molecular complexity index is 1200. The highest BCUT2D eigenvalue weighted by molar-refractivity contribution is 7.99. The van der Waals surface area contributed by atoms with Crippen LogP contribution in [-0.4, -0.2) is 48.9 Å². The second-order valence-electron chi connectivity index (χ2n) is 10.0. The Hall–Kier alpha value is -2.61. The number of nitrogens with one attached hydrogen (secondary N) is 1. The summed E-state index contributed by atoms with van der Waals surface area (Å²) in [6, 6.07) is 9.91. The number of para-hydroxylation sites is 1. The summed E-state index contributed by atoms with van der Waals surface area (Å²) >= 11 is 1.29. The highest BCUT2D eigenvalue weighted by Crippen LogP contribution is 2.52. The maximum atomic E-state index is 13.1. The summed E-state index contributed by atoms with van der Waals surface area (Å²) in [4.78, 5) is 35.1. The van der Waals surface area contributed by atoms with Crippen molar-refractivity contribution in [3.63, 3.8) is 0 Å². The van der Waals surface area contributed by atoms with Crippen LogP contribution in [0.15, 0.2) is 46.5 Å². The van der Waals surface area contributed by atoms with Gasteiger partial charge in [0, 0.05) is 12.6 Å². The van der Waals surface area contributed by atoms with Crippen LogP contribution in [0.4, 0.5) is 0 Å². The molecule has 1 amide bonds. The molecular formula is C23H27N5O2S. The lowest BCUT2D eigenvalue weighted by Gasteiger charge is -2.39. The Kier molecular flexibility index (Phi) is 4.73. The summed E-state index contributed by atoms with van der Waals surface area (Å²) in [5.41, 5.74) is 1.57. The van der Waals surface area contributed by atoms with Gasteiger partial charge in [0.25, 0.3) is 5.56 Å². The molecule has 1 N–H and O–H groups in total. The lowest BCUT2D eigenvalue weighted by molar-refractivity contribution is -0.129. The quantitative estimate of drug-likeness (QED) is 0.498. The van der Waals surface area contributed by atoms with Gasteiger partial charge in [-0.25, -0.2) is 9.67 Å². The summed E-state index contributed by atoms with van der Waals surface area (Å²) in [6.07, 6.45) is 4.82. The van der Waals surface area contributed by atoms with Gasteiger partial charge < -0.3 is 9.88 Å². The van der Waals surface area contributed by atoms with Gasteiger partial charge in [-0.05, 0) is 42.2 Å². The molecule has 3 aromatic rings. The topological polar surface area (TPSA) is 83.9 Å². The number of amides is 1. The van der Waals surface area contributed by atoms with Gasteiger partial charge in [0.15, 0.2) is 10.8 Å². The molecule has 2 fully saturated rings. The van der Waals surface area contributed by atoms with E-state index < -0.39 is 0 Å². The number of thioether (sulfide) groups is 1. The molecule has 0 spiro atoms. The maximum Gasteiger partial charge on any atom is 0.262 e. The van der Waals surface area contributed by atoms with Gasteiger partial charge in [-0.1, -0.05) is 50.7 Å². The number of carbonyl (C=O) groups excluding carboxylic acids is 1. The minimum atomic E-state index is -0.242. The first-order valence-corrected chi connectivity index (χ1v) is 11.7. The molecule has 1 aliphatic heterocycles. The zero-order chi connectivity index (χ0) is 21.8. The molecule has 3 heterocycles. The number of aromatic amines is 1. The molecule has 7 nitrogen and oxygen atoms in total. The number of hydrogen-bond donors (Lipinski definition) is 1. The molecule has 1 saturated heterocycles. The fourth-order valence-corrected chi connectivity index (χ4v) is 6.43. The van der Waals surface area contributed by atoms with Gasteiger partial charge in [-0.15, -0.1) is 0 Å². The lowest BCUT2D eigenvalue weighted by atomic mass is 9.65. The molecule has 2 aliphatic rings. The van der Waals surface area contributed by atoms with Crippen molar-refractivity contribution in [3.05, 3.63) is 46.9 Å². The van der Waals surface area contributed by atoms with E-state index in [1.807, 2.05) is 30.3 Å². The van der Waals surface area contributed by atoms with E-state index in [-0.39, 0.29) is 28.0 Å². The van der Waals surface area contributed by atoms with Crippen LogP contribution in [-0.2, 0) is 4.79 Å². The Morgan fingerprint density at radius 1 is 1.23 bits per heavy atom. The van der Waals surface area contributed by atoms with Gasteiger partial charge in [-0.3, -0.25) is 9.59 Å². The van der Waals surface area contributed by atoms with Crippen LogP contribution in [0.3, 0.4) is 0 Å². The number of aromatic nitrogens is 4. The molecular weight excluding hydrogens is 410 g/mol. The van der Waals surface area contributed by atoms with Gasteiger partial charge in [0.05, 0.1) is 17.6 Å². The number of nitrogens with zero attached hydrogens (tertiary/aromatic N) is 4. The fourth-order valence-electron chi connectivity index (χ4n) is 5.69. The first kappa shape index (κ1) is 20.3. The van der Waals surface area contributed by atoms with Gasteiger partial charge in [0.2, 0.25) is 5.91 Å². The second-order valence-corrected chi connectivity index (χ2v) is 11.0. The lowest BCUT2D eigenvalue weighted by Crippen LogP contribution is -2.38. The molecule has 31 heavy (non-hydrogen) atoms. The molecule has 1 aliphatic carbocycles. The van der Waals surface area contributed by atoms with Crippen molar-refractivity contribution in [2.24, 2.45) is 10.8 Å². The summed E-state index contributed by atoms with van der Waals surface area (Å²) in [5, 5.41) is 5.21. The van der Waals surface area contributed by atoms with E-state index in [0.717, 1.165) is 31.5 Å². The summed E-state index contributed by atoms with van der Waals surface area (Å²) in [7, 11) is 0. The number of rotatable bonds is 4. The van der Waals surface area contributed by atoms with Crippen LogP contribution < -0.4 is 5.56 Å². The molecule has 2 bridgehead atoms. The number of likely N-dealkylation sites (tertiary alicyclic amines) is 1. The highest BCUT2D eigenvalue weighted by atomic mass is 32.2. The Morgan fingerprint density at radius 3 is 2.77 bits per heavy atom. The molecule has 1 aromatic carbocycles. The number of fused-ring (bicyclic) bond motifs is 3. The maximum absolute atomic E-state index is 13.1. The zero-order valence-electron chi connectivity index (χ0n) is 18.1. The number of benzene rings is 1. The average Bonchev–Trinajstić information content (AvgIpc) is 3.24. The highest BCUT2D eigenvalue weighted by Gasteiger charge is 2.50. The number of H-pyrrole nitrogens is 1. The van der Waals surface area contributed by atoms with Crippen molar-refractivity contribution >= 4 is 28.7 Å². The fraction of sp³-hybridized carbons (Fsp3) is 0.478. The van der Waals surface area contributed by atoms with Crippen LogP contribution in [0.5, 0.6) is 0 Å². The third-order valence-electron chi connectivity index (χ3n) is 6.48. The minimum absolute atomic E-state index is 0.121. The van der Waals surface area contributed by atoms with Crippen molar-refractivity contribution in [1.29, 1.82) is 0 Å². The van der Waals surface area contributed by atoms with E-state index in [1.54, 1.807) is 4.68 Å². The van der Waals surface area contributed by atoms with E-state index in [4.69, 9.17) is 0 Å². The first-order chi connectivity index (χ1) is 14.7. The van der Waals surface area contributed by atoms with Crippen molar-refractivity contribution in [2.45, 2.75) is 51.2 Å². The Morgan fingerprint density at radius 2 is 2.00 bits per heavy atom. The van der Waals surface area contributed by atoms with Crippen molar-refractivity contribution in [1.82, 2.24) is 24.6 Å². The third kappa shape index (κ3) is 3.78. The predicted octanol–water partition coefficient (Wildman–Crippen LogP) is 3.63. The molecule has 8 heteroatoms. The second kappa shape index (κ2) is 7.22. The van der Waals surface area contributed by atoms with Crippen LogP contribution in [0, 0.1) is 10.8 Å². The SMILES string of the molecule is CC1(C)C[C@H]2C[C@@](C)(CN2C(=O)CSc2nc3c(cnn3-c3ccccc3)c(=O)[nH]2)C1. The summed E-state index contributed by atoms with van der Waals surface area (Å²) < 4.78 is 1.66. The molecule has 2 atom stereocenters. The number of carbonyl (C=O) groups is 1. The van der Waals surface area contributed by atoms with Gasteiger partial charge in [0.1, 0.15) is 5.39 Å². The summed E-state index contributed by atoms with van der Waals surface area (Å²) in [6.45, 7) is 7.74. The average molecular weight is 438 g/mol. The van der Waals surface area contributed by atoms with Crippen LogP contribution >= 0.6 is 11.8 Å². The van der Waals surface area contributed by atoms with Crippen molar-refractivity contribution in [3.8, 4) is 5.69 Å². The largest absolute Gasteiger partial charge is 0.338 e. The predicted molar refractivity (Wildman–Crippen MR) is 121 cm³/mol. The van der Waals surface area contributed by atoms with Crippen LogP contribution in [0.1, 0.15) is 40.0 Å². The van der Waals surface area contributed by atoms with E-state index in [2.05, 4.69) is 40.7 Å².